The highest BCUT2D eigenvalue weighted by Gasteiger charge is 2.12. The van der Waals surface area contributed by atoms with Crippen LogP contribution < -0.4 is 4.74 Å². The average Bonchev–Trinajstić information content (AvgIpc) is 2.13. The van der Waals surface area contributed by atoms with Crippen LogP contribution in [0.5, 0.6) is 5.75 Å². The molecular weight excluding hydrogens is 202 g/mol. The molecule has 0 saturated carbocycles. The Kier molecular flexibility index (Phi) is 4.03. The van der Waals surface area contributed by atoms with Gasteiger partial charge < -0.3 is 9.84 Å². The zero-order chi connectivity index (χ0) is 11.4. The third-order valence-electron chi connectivity index (χ3n) is 2.12. The van der Waals surface area contributed by atoms with Gasteiger partial charge in [0.05, 0.1) is 13.2 Å². The number of rotatable bonds is 4. The number of ether oxygens (including phenoxy) is 1. The van der Waals surface area contributed by atoms with E-state index >= 15 is 0 Å². The van der Waals surface area contributed by atoms with E-state index in [-0.39, 0.29) is 5.75 Å². The Hall–Kier alpha value is -1.16. The lowest BCUT2D eigenvalue weighted by atomic mass is 10.1. The van der Waals surface area contributed by atoms with Crippen LogP contribution in [0.3, 0.4) is 0 Å². The first kappa shape index (κ1) is 11.9. The van der Waals surface area contributed by atoms with Crippen LogP contribution >= 0.6 is 0 Å². The summed E-state index contributed by atoms with van der Waals surface area (Å²) in [6.45, 7) is 1.63. The van der Waals surface area contributed by atoms with Gasteiger partial charge in [-0.3, -0.25) is 0 Å². The summed E-state index contributed by atoms with van der Waals surface area (Å²) in [7, 11) is 1.34. The molecule has 0 aliphatic carbocycles. The van der Waals surface area contributed by atoms with Gasteiger partial charge in [-0.15, -0.1) is 0 Å². The Morgan fingerprint density at radius 1 is 1.40 bits per heavy atom. The summed E-state index contributed by atoms with van der Waals surface area (Å²) >= 11 is 0. The summed E-state index contributed by atoms with van der Waals surface area (Å²) in [6, 6.07) is 2.01. The maximum absolute atomic E-state index is 13.2. The monoisotopic (exact) mass is 216 g/mol. The number of aliphatic hydroxyl groups is 1. The minimum Gasteiger partial charge on any atom is -0.493 e. The first-order valence-electron chi connectivity index (χ1n) is 4.74. The summed E-state index contributed by atoms with van der Waals surface area (Å²) in [5.74, 6) is -1.29. The van der Waals surface area contributed by atoms with Gasteiger partial charge in [0.1, 0.15) is 5.82 Å². The Morgan fingerprint density at radius 2 is 2.07 bits per heavy atom. The highest BCUT2D eigenvalue weighted by molar-refractivity contribution is 5.35. The van der Waals surface area contributed by atoms with Gasteiger partial charge in [-0.05, 0) is 25.8 Å². The van der Waals surface area contributed by atoms with Crippen molar-refractivity contribution < 1.29 is 18.6 Å². The highest BCUT2D eigenvalue weighted by atomic mass is 19.1. The van der Waals surface area contributed by atoms with Crippen LogP contribution in [0.2, 0.25) is 0 Å². The van der Waals surface area contributed by atoms with Gasteiger partial charge in [0.2, 0.25) is 0 Å². The molecule has 0 radical (unpaired) electrons. The molecule has 0 aliphatic rings. The first-order chi connectivity index (χ1) is 7.04. The van der Waals surface area contributed by atoms with Gasteiger partial charge in [0, 0.05) is 11.6 Å². The van der Waals surface area contributed by atoms with Crippen LogP contribution in [-0.4, -0.2) is 18.3 Å². The van der Waals surface area contributed by atoms with Gasteiger partial charge in [0.25, 0.3) is 0 Å². The van der Waals surface area contributed by atoms with E-state index in [1.807, 2.05) is 0 Å². The zero-order valence-electron chi connectivity index (χ0n) is 8.76. The van der Waals surface area contributed by atoms with E-state index in [4.69, 9.17) is 9.84 Å². The van der Waals surface area contributed by atoms with Crippen LogP contribution in [0.4, 0.5) is 8.78 Å². The normalized spacial score (nSPS) is 12.6. The third-order valence-corrected chi connectivity index (χ3v) is 2.12. The van der Waals surface area contributed by atoms with E-state index in [0.29, 0.717) is 18.4 Å². The molecule has 0 aliphatic heterocycles. The second kappa shape index (κ2) is 5.07. The standard InChI is InChI=1S/C11H14F2O2/c1-7(14)3-4-8-5-9(12)6-10(13)11(8)15-2/h5-7,14H,3-4H2,1-2H3/t7-/m1/s1. The Morgan fingerprint density at radius 3 is 2.60 bits per heavy atom. The van der Waals surface area contributed by atoms with Gasteiger partial charge in [-0.2, -0.15) is 0 Å². The minimum atomic E-state index is -0.710. The minimum absolute atomic E-state index is 0.0528. The fraction of sp³-hybridized carbons (Fsp3) is 0.455. The topological polar surface area (TPSA) is 29.5 Å². The van der Waals surface area contributed by atoms with E-state index < -0.39 is 17.7 Å². The van der Waals surface area contributed by atoms with Crippen molar-refractivity contribution in [2.45, 2.75) is 25.9 Å². The van der Waals surface area contributed by atoms with Crippen molar-refractivity contribution >= 4 is 0 Å². The fourth-order valence-electron chi connectivity index (χ4n) is 1.39. The van der Waals surface area contributed by atoms with Gasteiger partial charge >= 0.3 is 0 Å². The SMILES string of the molecule is COc1c(F)cc(F)cc1CC[C@@H](C)O. The number of benzene rings is 1. The highest BCUT2D eigenvalue weighted by Crippen LogP contribution is 2.25. The number of halogens is 2. The van der Waals surface area contributed by atoms with Crippen LogP contribution in [0, 0.1) is 11.6 Å². The van der Waals surface area contributed by atoms with Crippen molar-refractivity contribution in [3.8, 4) is 5.75 Å². The van der Waals surface area contributed by atoms with Crippen molar-refractivity contribution in [1.82, 2.24) is 0 Å². The number of methoxy groups -OCH3 is 1. The van der Waals surface area contributed by atoms with Crippen LogP contribution in [-0.2, 0) is 6.42 Å². The predicted octanol–water partition coefficient (Wildman–Crippen LogP) is 2.29. The molecule has 1 atom stereocenters. The summed E-state index contributed by atoms with van der Waals surface area (Å²) in [6.07, 6.45) is 0.329. The third kappa shape index (κ3) is 3.16. The lowest BCUT2D eigenvalue weighted by molar-refractivity contribution is 0.184. The molecule has 84 valence electrons. The summed E-state index contributed by atoms with van der Waals surface area (Å²) in [5.41, 5.74) is 0.441. The molecule has 0 fully saturated rings. The summed E-state index contributed by atoms with van der Waals surface area (Å²) in [5, 5.41) is 9.09. The van der Waals surface area contributed by atoms with Gasteiger partial charge in [0.15, 0.2) is 11.6 Å². The second-order valence-corrected chi connectivity index (χ2v) is 3.47. The van der Waals surface area contributed by atoms with Crippen LogP contribution in [0.15, 0.2) is 12.1 Å². The van der Waals surface area contributed by atoms with Crippen molar-refractivity contribution in [2.24, 2.45) is 0 Å². The largest absolute Gasteiger partial charge is 0.493 e. The lowest BCUT2D eigenvalue weighted by Crippen LogP contribution is -2.04. The molecule has 0 heterocycles. The lowest BCUT2D eigenvalue weighted by Gasteiger charge is -2.10. The molecule has 0 unspecified atom stereocenters. The Labute approximate surface area is 87.5 Å². The molecule has 0 amide bonds. The molecule has 1 aromatic carbocycles. The van der Waals surface area contributed by atoms with Crippen molar-refractivity contribution in [3.63, 3.8) is 0 Å². The number of hydrogen-bond donors (Lipinski definition) is 1. The number of aliphatic hydroxyl groups excluding tert-OH is 1. The molecule has 0 aromatic heterocycles. The average molecular weight is 216 g/mol. The van der Waals surface area contributed by atoms with Crippen molar-refractivity contribution in [1.29, 1.82) is 0 Å². The van der Waals surface area contributed by atoms with E-state index in [1.54, 1.807) is 6.92 Å². The quantitative estimate of drug-likeness (QED) is 0.836. The first-order valence-corrected chi connectivity index (χ1v) is 4.74. The molecule has 1 aromatic rings. The Bertz CT molecular complexity index is 338. The smallest absolute Gasteiger partial charge is 0.168 e. The molecule has 15 heavy (non-hydrogen) atoms. The maximum atomic E-state index is 13.2. The van der Waals surface area contributed by atoms with E-state index in [0.717, 1.165) is 6.07 Å². The van der Waals surface area contributed by atoms with Crippen LogP contribution in [0.25, 0.3) is 0 Å². The fourth-order valence-corrected chi connectivity index (χ4v) is 1.39. The number of hydrogen-bond acceptors (Lipinski definition) is 2. The Balaban J connectivity index is 2.93. The van der Waals surface area contributed by atoms with E-state index in [9.17, 15) is 8.78 Å². The second-order valence-electron chi connectivity index (χ2n) is 3.47. The summed E-state index contributed by atoms with van der Waals surface area (Å²) in [4.78, 5) is 0. The summed E-state index contributed by atoms with van der Waals surface area (Å²) < 4.78 is 31.0. The molecular formula is C11H14F2O2. The maximum Gasteiger partial charge on any atom is 0.168 e. The molecule has 1 rings (SSSR count). The van der Waals surface area contributed by atoms with Crippen molar-refractivity contribution in [2.75, 3.05) is 7.11 Å². The molecule has 0 saturated heterocycles. The molecule has 1 N–H and O–H groups in total. The molecule has 2 nitrogen and oxygen atoms in total. The van der Waals surface area contributed by atoms with E-state index in [2.05, 4.69) is 0 Å². The molecule has 0 bridgehead atoms. The number of aryl methyl sites for hydroxylation is 1. The zero-order valence-corrected chi connectivity index (χ0v) is 8.76. The van der Waals surface area contributed by atoms with Crippen molar-refractivity contribution in [3.05, 3.63) is 29.3 Å². The van der Waals surface area contributed by atoms with Gasteiger partial charge in [-0.25, -0.2) is 8.78 Å². The van der Waals surface area contributed by atoms with E-state index in [1.165, 1.54) is 13.2 Å². The molecule has 0 spiro atoms. The molecule has 4 heteroatoms. The van der Waals surface area contributed by atoms with Crippen LogP contribution in [0.1, 0.15) is 18.9 Å². The predicted molar refractivity (Wildman–Crippen MR) is 52.9 cm³/mol. The van der Waals surface area contributed by atoms with Gasteiger partial charge in [-0.1, -0.05) is 0 Å².